The molecule has 1 fully saturated rings. The van der Waals surface area contributed by atoms with Crippen molar-refractivity contribution in [2.75, 3.05) is 18.5 Å². The average molecular weight is 391 g/mol. The standard InChI is InChI=1S/C22H21N3O2S/c1-24(12-16-14-28-21-5-3-2-4-19(16)21)22(27)20-10-18(26)13-25(20)17-8-6-15(11-23)7-9-17/h2-9,14,18,20,26H,10,12-13H2,1H3. The van der Waals surface area contributed by atoms with Gasteiger partial charge < -0.3 is 14.9 Å². The highest BCUT2D eigenvalue weighted by molar-refractivity contribution is 7.17. The number of nitriles is 1. The summed E-state index contributed by atoms with van der Waals surface area (Å²) in [5, 5.41) is 22.5. The molecule has 3 aromatic rings. The maximum atomic E-state index is 13.2. The molecule has 1 aliphatic heterocycles. The third-order valence-electron chi connectivity index (χ3n) is 5.24. The van der Waals surface area contributed by atoms with Gasteiger partial charge in [-0.3, -0.25) is 4.79 Å². The van der Waals surface area contributed by atoms with Crippen LogP contribution in [0.15, 0.2) is 53.9 Å². The van der Waals surface area contributed by atoms with E-state index < -0.39 is 12.1 Å². The van der Waals surface area contributed by atoms with Gasteiger partial charge in [0.05, 0.1) is 17.7 Å². The van der Waals surface area contributed by atoms with Crippen LogP contribution in [-0.4, -0.2) is 41.7 Å². The first kappa shape index (κ1) is 18.5. The van der Waals surface area contributed by atoms with Gasteiger partial charge in [-0.1, -0.05) is 18.2 Å². The molecule has 5 nitrogen and oxygen atoms in total. The fourth-order valence-electron chi connectivity index (χ4n) is 3.80. The Hall–Kier alpha value is -2.88. The lowest BCUT2D eigenvalue weighted by atomic mass is 10.1. The molecule has 4 rings (SSSR count). The summed E-state index contributed by atoms with van der Waals surface area (Å²) >= 11 is 1.69. The number of fused-ring (bicyclic) bond motifs is 1. The number of nitrogens with zero attached hydrogens (tertiary/aromatic N) is 3. The van der Waals surface area contributed by atoms with E-state index in [0.717, 1.165) is 11.3 Å². The lowest BCUT2D eigenvalue weighted by Crippen LogP contribution is -2.44. The Balaban J connectivity index is 1.53. The van der Waals surface area contributed by atoms with E-state index in [0.29, 0.717) is 25.1 Å². The quantitative estimate of drug-likeness (QED) is 0.740. The molecule has 28 heavy (non-hydrogen) atoms. The van der Waals surface area contributed by atoms with Crippen molar-refractivity contribution < 1.29 is 9.90 Å². The van der Waals surface area contributed by atoms with Gasteiger partial charge in [0, 0.05) is 36.9 Å². The number of carbonyl (C=O) groups excluding carboxylic acids is 1. The number of anilines is 1. The predicted molar refractivity (Wildman–Crippen MR) is 111 cm³/mol. The van der Waals surface area contributed by atoms with Gasteiger partial charge >= 0.3 is 0 Å². The van der Waals surface area contributed by atoms with Gasteiger partial charge in [0.2, 0.25) is 5.91 Å². The number of amides is 1. The molecule has 2 heterocycles. The Bertz CT molecular complexity index is 1040. The van der Waals surface area contributed by atoms with E-state index in [4.69, 9.17) is 5.26 Å². The molecular formula is C22H21N3O2S. The molecular weight excluding hydrogens is 370 g/mol. The number of hydrogen-bond donors (Lipinski definition) is 1. The Morgan fingerprint density at radius 1 is 1.29 bits per heavy atom. The van der Waals surface area contributed by atoms with Crippen molar-refractivity contribution in [3.63, 3.8) is 0 Å². The largest absolute Gasteiger partial charge is 0.391 e. The minimum Gasteiger partial charge on any atom is -0.391 e. The van der Waals surface area contributed by atoms with E-state index in [-0.39, 0.29) is 5.91 Å². The molecule has 2 aromatic carbocycles. The Kier molecular flexibility index (Phi) is 5.03. The summed E-state index contributed by atoms with van der Waals surface area (Å²) in [5.41, 5.74) is 2.57. The number of aliphatic hydroxyl groups is 1. The molecule has 6 heteroatoms. The zero-order valence-electron chi connectivity index (χ0n) is 15.6. The van der Waals surface area contributed by atoms with Crippen LogP contribution in [0.2, 0.25) is 0 Å². The van der Waals surface area contributed by atoms with Gasteiger partial charge in [0.25, 0.3) is 0 Å². The highest BCUT2D eigenvalue weighted by Crippen LogP contribution is 2.29. The second-order valence-corrected chi connectivity index (χ2v) is 8.08. The van der Waals surface area contributed by atoms with E-state index in [9.17, 15) is 9.90 Å². The summed E-state index contributed by atoms with van der Waals surface area (Å²) < 4.78 is 1.22. The molecule has 1 aromatic heterocycles. The molecule has 142 valence electrons. The first-order valence-electron chi connectivity index (χ1n) is 9.22. The van der Waals surface area contributed by atoms with Crippen molar-refractivity contribution in [2.24, 2.45) is 0 Å². The molecule has 0 saturated carbocycles. The van der Waals surface area contributed by atoms with Gasteiger partial charge in [-0.2, -0.15) is 5.26 Å². The average Bonchev–Trinajstić information content (AvgIpc) is 3.31. The second kappa shape index (κ2) is 7.63. The van der Waals surface area contributed by atoms with Gasteiger partial charge in [-0.05, 0) is 46.7 Å². The minimum atomic E-state index is -0.542. The number of rotatable bonds is 4. The van der Waals surface area contributed by atoms with Crippen molar-refractivity contribution in [2.45, 2.75) is 25.1 Å². The monoisotopic (exact) mass is 391 g/mol. The minimum absolute atomic E-state index is 0.00353. The van der Waals surface area contributed by atoms with Crippen LogP contribution in [0.5, 0.6) is 0 Å². The molecule has 2 unspecified atom stereocenters. The van der Waals surface area contributed by atoms with Crippen molar-refractivity contribution in [3.05, 3.63) is 65.0 Å². The normalized spacial score (nSPS) is 19.0. The molecule has 2 atom stereocenters. The number of carbonyl (C=O) groups is 1. The molecule has 1 saturated heterocycles. The number of aliphatic hydroxyl groups excluding tert-OH is 1. The number of thiophene rings is 1. The molecule has 1 amide bonds. The SMILES string of the molecule is CN(Cc1csc2ccccc12)C(=O)C1CC(O)CN1c1ccc(C#N)cc1. The molecule has 0 bridgehead atoms. The van der Waals surface area contributed by atoms with Gasteiger partial charge in [0.1, 0.15) is 6.04 Å². The molecule has 0 aliphatic carbocycles. The zero-order valence-corrected chi connectivity index (χ0v) is 16.4. The molecule has 0 spiro atoms. The summed E-state index contributed by atoms with van der Waals surface area (Å²) in [6.07, 6.45) is -0.131. The summed E-state index contributed by atoms with van der Waals surface area (Å²) in [4.78, 5) is 16.9. The summed E-state index contributed by atoms with van der Waals surface area (Å²) in [5.74, 6) is -0.00353. The van der Waals surface area contributed by atoms with Gasteiger partial charge in [-0.15, -0.1) is 11.3 Å². The first-order chi connectivity index (χ1) is 13.6. The van der Waals surface area contributed by atoms with Crippen molar-refractivity contribution >= 4 is 33.0 Å². The van der Waals surface area contributed by atoms with E-state index >= 15 is 0 Å². The van der Waals surface area contributed by atoms with E-state index in [1.165, 1.54) is 10.1 Å². The van der Waals surface area contributed by atoms with Gasteiger partial charge in [-0.25, -0.2) is 0 Å². The van der Waals surface area contributed by atoms with E-state index in [1.807, 2.05) is 36.2 Å². The maximum absolute atomic E-state index is 13.2. The van der Waals surface area contributed by atoms with Gasteiger partial charge in [0.15, 0.2) is 0 Å². The zero-order chi connectivity index (χ0) is 19.7. The Morgan fingerprint density at radius 2 is 2.04 bits per heavy atom. The smallest absolute Gasteiger partial charge is 0.245 e. The summed E-state index contributed by atoms with van der Waals surface area (Å²) in [7, 11) is 1.82. The highest BCUT2D eigenvalue weighted by atomic mass is 32.1. The van der Waals surface area contributed by atoms with Crippen LogP contribution in [0.1, 0.15) is 17.5 Å². The molecule has 1 N–H and O–H groups in total. The number of hydrogen-bond acceptors (Lipinski definition) is 5. The first-order valence-corrected chi connectivity index (χ1v) is 10.1. The topological polar surface area (TPSA) is 67.6 Å². The maximum Gasteiger partial charge on any atom is 0.245 e. The lowest BCUT2D eigenvalue weighted by molar-refractivity contribution is -0.131. The lowest BCUT2D eigenvalue weighted by Gasteiger charge is -2.29. The van der Waals surface area contributed by atoms with Crippen LogP contribution < -0.4 is 4.90 Å². The predicted octanol–water partition coefficient (Wildman–Crippen LogP) is 3.37. The Morgan fingerprint density at radius 3 is 2.79 bits per heavy atom. The number of likely N-dealkylation sites (N-methyl/N-ethyl adjacent to an activating group) is 1. The second-order valence-electron chi connectivity index (χ2n) is 7.17. The third-order valence-corrected chi connectivity index (χ3v) is 6.25. The van der Waals surface area contributed by atoms with E-state index in [1.54, 1.807) is 28.4 Å². The molecule has 1 aliphatic rings. The summed E-state index contributed by atoms with van der Waals surface area (Å²) in [6, 6.07) is 17.1. The van der Waals surface area contributed by atoms with Crippen LogP contribution in [0.25, 0.3) is 10.1 Å². The fourth-order valence-corrected chi connectivity index (χ4v) is 4.76. The fraction of sp³-hybridized carbons (Fsp3) is 0.273. The number of β-amino-alcohol motifs (C(OH)–C–C–N with tert-alkyl or cyclic N) is 1. The van der Waals surface area contributed by atoms with Crippen LogP contribution in [0.3, 0.4) is 0 Å². The molecule has 0 radical (unpaired) electrons. The van der Waals surface area contributed by atoms with Crippen LogP contribution in [-0.2, 0) is 11.3 Å². The van der Waals surface area contributed by atoms with E-state index in [2.05, 4.69) is 23.6 Å². The van der Waals surface area contributed by atoms with Crippen molar-refractivity contribution in [3.8, 4) is 6.07 Å². The van der Waals surface area contributed by atoms with Crippen LogP contribution in [0, 0.1) is 11.3 Å². The van der Waals surface area contributed by atoms with Crippen molar-refractivity contribution in [1.82, 2.24) is 4.90 Å². The number of benzene rings is 2. The van der Waals surface area contributed by atoms with Crippen LogP contribution >= 0.6 is 11.3 Å². The van der Waals surface area contributed by atoms with Crippen LogP contribution in [0.4, 0.5) is 5.69 Å². The highest BCUT2D eigenvalue weighted by Gasteiger charge is 2.37. The summed E-state index contributed by atoms with van der Waals surface area (Å²) in [6.45, 7) is 0.953. The third kappa shape index (κ3) is 3.47. The van der Waals surface area contributed by atoms with Crippen molar-refractivity contribution in [1.29, 1.82) is 5.26 Å². The Labute approximate surface area is 168 Å².